The lowest BCUT2D eigenvalue weighted by Gasteiger charge is -2.20. The van der Waals surface area contributed by atoms with E-state index in [4.69, 9.17) is 9.47 Å². The van der Waals surface area contributed by atoms with Crippen molar-refractivity contribution < 1.29 is 23.9 Å². The van der Waals surface area contributed by atoms with Crippen LogP contribution >= 0.6 is 11.3 Å². The van der Waals surface area contributed by atoms with Crippen molar-refractivity contribution in [2.24, 2.45) is 5.92 Å². The van der Waals surface area contributed by atoms with E-state index in [0.717, 1.165) is 0 Å². The first-order chi connectivity index (χ1) is 14.3. The summed E-state index contributed by atoms with van der Waals surface area (Å²) >= 11 is 1.27. The SMILES string of the molecule is COc1ccccc1N(C(C)=O)c1nc(COC(=O)C2CC(=O)N(C(C)C)C2)cs1. The standard InChI is InChI=1S/C21H25N3O5S/c1-13(2)23-10-15(9-19(23)26)20(27)29-11-16-12-30-21(22-16)24(14(3)25)17-7-5-6-8-18(17)28-4/h5-8,12-13,15H,9-11H2,1-4H3. The number of ether oxygens (including phenoxy) is 2. The van der Waals surface area contributed by atoms with Gasteiger partial charge in [0.25, 0.3) is 0 Å². The number of likely N-dealkylation sites (tertiary alicyclic amines) is 1. The first-order valence-electron chi connectivity index (χ1n) is 9.66. The minimum Gasteiger partial charge on any atom is -0.495 e. The highest BCUT2D eigenvalue weighted by Gasteiger charge is 2.36. The summed E-state index contributed by atoms with van der Waals surface area (Å²) in [5.74, 6) is -0.557. The molecule has 1 aliphatic rings. The summed E-state index contributed by atoms with van der Waals surface area (Å²) in [5, 5.41) is 2.20. The summed E-state index contributed by atoms with van der Waals surface area (Å²) in [6.07, 6.45) is 0.172. The number of methoxy groups -OCH3 is 1. The summed E-state index contributed by atoms with van der Waals surface area (Å²) < 4.78 is 10.7. The summed E-state index contributed by atoms with van der Waals surface area (Å²) in [6.45, 7) is 5.66. The number of esters is 1. The smallest absolute Gasteiger partial charge is 0.311 e. The van der Waals surface area contributed by atoms with Gasteiger partial charge < -0.3 is 14.4 Å². The van der Waals surface area contributed by atoms with Gasteiger partial charge in [0.1, 0.15) is 12.4 Å². The lowest BCUT2D eigenvalue weighted by Crippen LogP contribution is -2.33. The zero-order valence-corrected chi connectivity index (χ0v) is 18.3. The quantitative estimate of drug-likeness (QED) is 0.626. The molecule has 1 aromatic carbocycles. The molecule has 1 fully saturated rings. The number of rotatable bonds is 7. The number of para-hydroxylation sites is 2. The number of carbonyl (C=O) groups excluding carboxylic acids is 3. The third-order valence-corrected chi connectivity index (χ3v) is 5.72. The van der Waals surface area contributed by atoms with Crippen LogP contribution in [0.1, 0.15) is 32.9 Å². The molecule has 2 aromatic rings. The van der Waals surface area contributed by atoms with Gasteiger partial charge in [-0.1, -0.05) is 12.1 Å². The monoisotopic (exact) mass is 431 g/mol. The predicted octanol–water partition coefficient (Wildman–Crippen LogP) is 3.14. The van der Waals surface area contributed by atoms with E-state index in [1.54, 1.807) is 22.4 Å². The van der Waals surface area contributed by atoms with Crippen molar-refractivity contribution in [3.63, 3.8) is 0 Å². The molecule has 0 bridgehead atoms. The van der Waals surface area contributed by atoms with Crippen molar-refractivity contribution in [2.45, 2.75) is 39.8 Å². The van der Waals surface area contributed by atoms with Crippen molar-refractivity contribution in [1.29, 1.82) is 0 Å². The van der Waals surface area contributed by atoms with Gasteiger partial charge in [0, 0.05) is 31.3 Å². The Bertz CT molecular complexity index is 942. The largest absolute Gasteiger partial charge is 0.495 e. The molecule has 0 radical (unpaired) electrons. The van der Waals surface area contributed by atoms with Gasteiger partial charge in [0.15, 0.2) is 5.13 Å². The second kappa shape index (κ2) is 9.25. The van der Waals surface area contributed by atoms with E-state index >= 15 is 0 Å². The molecule has 0 N–H and O–H groups in total. The lowest BCUT2D eigenvalue weighted by atomic mass is 10.1. The van der Waals surface area contributed by atoms with Crippen LogP contribution in [0.3, 0.4) is 0 Å². The Kier molecular flexibility index (Phi) is 6.71. The Morgan fingerprint density at radius 3 is 2.70 bits per heavy atom. The second-order valence-corrected chi connectivity index (χ2v) is 8.13. The topological polar surface area (TPSA) is 89.0 Å². The average Bonchev–Trinajstić information content (AvgIpc) is 3.33. The second-order valence-electron chi connectivity index (χ2n) is 7.30. The van der Waals surface area contributed by atoms with Gasteiger partial charge in [-0.05, 0) is 26.0 Å². The van der Waals surface area contributed by atoms with E-state index in [1.165, 1.54) is 30.3 Å². The van der Waals surface area contributed by atoms with Crippen LogP contribution in [0.25, 0.3) is 0 Å². The molecule has 1 atom stereocenters. The molecule has 30 heavy (non-hydrogen) atoms. The van der Waals surface area contributed by atoms with Crippen LogP contribution in [0.4, 0.5) is 10.8 Å². The number of benzene rings is 1. The van der Waals surface area contributed by atoms with Crippen LogP contribution in [-0.4, -0.2) is 47.4 Å². The molecule has 160 valence electrons. The number of hydrogen-bond acceptors (Lipinski definition) is 7. The van der Waals surface area contributed by atoms with E-state index in [2.05, 4.69) is 4.98 Å². The van der Waals surface area contributed by atoms with Crippen LogP contribution in [0.5, 0.6) is 5.75 Å². The van der Waals surface area contributed by atoms with Crippen molar-refractivity contribution in [2.75, 3.05) is 18.6 Å². The number of amides is 2. The first kappa shape index (κ1) is 21.8. The van der Waals surface area contributed by atoms with Gasteiger partial charge in [0.05, 0.1) is 24.4 Å². The fraction of sp³-hybridized carbons (Fsp3) is 0.429. The van der Waals surface area contributed by atoms with Crippen LogP contribution in [0.15, 0.2) is 29.6 Å². The van der Waals surface area contributed by atoms with Crippen LogP contribution in [-0.2, 0) is 25.7 Å². The summed E-state index contributed by atoms with van der Waals surface area (Å²) in [6, 6.07) is 7.24. The van der Waals surface area contributed by atoms with Gasteiger partial charge in [-0.3, -0.25) is 19.3 Å². The molecule has 1 aliphatic heterocycles. The summed E-state index contributed by atoms with van der Waals surface area (Å²) in [5.41, 5.74) is 1.12. The molecular formula is C21H25N3O5S. The molecule has 0 aliphatic carbocycles. The third-order valence-electron chi connectivity index (χ3n) is 4.85. The van der Waals surface area contributed by atoms with Crippen molar-refractivity contribution in [1.82, 2.24) is 9.88 Å². The summed E-state index contributed by atoms with van der Waals surface area (Å²) in [7, 11) is 1.54. The molecule has 8 nitrogen and oxygen atoms in total. The third kappa shape index (κ3) is 4.62. The number of thiazole rings is 1. The van der Waals surface area contributed by atoms with Gasteiger partial charge in [0.2, 0.25) is 11.8 Å². The Hall–Kier alpha value is -2.94. The Balaban J connectivity index is 1.68. The number of carbonyl (C=O) groups is 3. The van der Waals surface area contributed by atoms with E-state index in [-0.39, 0.29) is 30.9 Å². The molecule has 0 spiro atoms. The molecule has 9 heteroatoms. The molecule has 2 heterocycles. The molecule has 2 amide bonds. The van der Waals surface area contributed by atoms with E-state index in [0.29, 0.717) is 28.8 Å². The van der Waals surface area contributed by atoms with E-state index in [9.17, 15) is 14.4 Å². The Morgan fingerprint density at radius 2 is 2.07 bits per heavy atom. The molecule has 1 unspecified atom stereocenters. The zero-order chi connectivity index (χ0) is 21.8. The maximum atomic E-state index is 12.4. The first-order valence-corrected chi connectivity index (χ1v) is 10.5. The average molecular weight is 432 g/mol. The van der Waals surface area contributed by atoms with Crippen molar-refractivity contribution in [3.8, 4) is 5.75 Å². The number of hydrogen-bond donors (Lipinski definition) is 0. The van der Waals surface area contributed by atoms with Crippen molar-refractivity contribution in [3.05, 3.63) is 35.3 Å². The fourth-order valence-electron chi connectivity index (χ4n) is 3.34. The highest BCUT2D eigenvalue weighted by molar-refractivity contribution is 7.14. The maximum absolute atomic E-state index is 12.4. The van der Waals surface area contributed by atoms with Gasteiger partial charge in [-0.15, -0.1) is 11.3 Å². The van der Waals surface area contributed by atoms with Gasteiger partial charge in [-0.25, -0.2) is 4.98 Å². The van der Waals surface area contributed by atoms with E-state index in [1.807, 2.05) is 26.0 Å². The highest BCUT2D eigenvalue weighted by atomic mass is 32.1. The molecule has 0 saturated carbocycles. The molecule has 1 aromatic heterocycles. The molecular weight excluding hydrogens is 406 g/mol. The van der Waals surface area contributed by atoms with Crippen molar-refractivity contribution >= 4 is 39.9 Å². The number of aromatic nitrogens is 1. The van der Waals surface area contributed by atoms with E-state index < -0.39 is 11.9 Å². The number of anilines is 2. The fourth-order valence-corrected chi connectivity index (χ4v) is 4.20. The predicted molar refractivity (Wildman–Crippen MR) is 113 cm³/mol. The van der Waals surface area contributed by atoms with Crippen LogP contribution in [0.2, 0.25) is 0 Å². The molecule has 3 rings (SSSR count). The van der Waals surface area contributed by atoms with Crippen LogP contribution in [0, 0.1) is 5.92 Å². The highest BCUT2D eigenvalue weighted by Crippen LogP contribution is 2.35. The number of nitrogens with zero attached hydrogens (tertiary/aromatic N) is 3. The summed E-state index contributed by atoms with van der Waals surface area (Å²) in [4.78, 5) is 44.3. The normalized spacial score (nSPS) is 16.1. The minimum absolute atomic E-state index is 0.0145. The maximum Gasteiger partial charge on any atom is 0.311 e. The van der Waals surface area contributed by atoms with Gasteiger partial charge >= 0.3 is 5.97 Å². The van der Waals surface area contributed by atoms with Crippen LogP contribution < -0.4 is 9.64 Å². The lowest BCUT2D eigenvalue weighted by molar-refractivity contribution is -0.149. The van der Waals surface area contributed by atoms with Gasteiger partial charge in [-0.2, -0.15) is 0 Å². The molecule has 1 saturated heterocycles. The Morgan fingerprint density at radius 1 is 1.33 bits per heavy atom. The Labute approximate surface area is 179 Å². The zero-order valence-electron chi connectivity index (χ0n) is 17.5. The minimum atomic E-state index is -0.458.